The lowest BCUT2D eigenvalue weighted by Gasteiger charge is -2.42. The van der Waals surface area contributed by atoms with Crippen molar-refractivity contribution in [2.75, 3.05) is 93.4 Å². The van der Waals surface area contributed by atoms with Crippen LogP contribution in [0, 0.1) is 0 Å². The minimum Gasteiger partial charge on any atom is -0.494 e. The van der Waals surface area contributed by atoms with Gasteiger partial charge in [0.05, 0.1) is 47.3 Å². The predicted molar refractivity (Wildman–Crippen MR) is 182 cm³/mol. The number of likely N-dealkylation sites (N-methyl/N-ethyl adjacent to an activating group) is 1. The van der Waals surface area contributed by atoms with Crippen LogP contribution in [0.1, 0.15) is 12.8 Å². The van der Waals surface area contributed by atoms with Gasteiger partial charge in [-0.2, -0.15) is 4.98 Å². The first-order valence-electron chi connectivity index (χ1n) is 15.0. The van der Waals surface area contributed by atoms with Crippen molar-refractivity contribution in [1.29, 1.82) is 0 Å². The van der Waals surface area contributed by atoms with Gasteiger partial charge in [0.2, 0.25) is 22.8 Å². The molecular formula is C30H38Cl2N8O5S. The highest BCUT2D eigenvalue weighted by molar-refractivity contribution is 7.92. The highest BCUT2D eigenvalue weighted by Gasteiger charge is 2.28. The van der Waals surface area contributed by atoms with Crippen molar-refractivity contribution < 1.29 is 22.6 Å². The van der Waals surface area contributed by atoms with Gasteiger partial charge in [0.25, 0.3) is 0 Å². The number of piperidine rings is 1. The summed E-state index contributed by atoms with van der Waals surface area (Å²) in [7, 11) is 1.64. The summed E-state index contributed by atoms with van der Waals surface area (Å²) in [4.78, 5) is 16.2. The lowest BCUT2D eigenvalue weighted by molar-refractivity contribution is 0.0982. The van der Waals surface area contributed by atoms with Crippen molar-refractivity contribution >= 4 is 67.7 Å². The fraction of sp³-hybridized carbons (Fsp3) is 0.467. The standard InChI is InChI=1S/C30H38Cl2N8O5S/c1-37-9-11-39(12-10-37)19-5-7-40(8-6-19)24-15-26(43-3)23(13-20(24)31)35-30-33-17-21(32)29(36-30)34-22-14-27-28(45-18-44-27)16-25(22)38(2)46(4,41)42/h13-17,19H,5-12,18H2,1-4H3,(H2,33,34,35,36). The van der Waals surface area contributed by atoms with Crippen molar-refractivity contribution in [2.45, 2.75) is 18.9 Å². The van der Waals surface area contributed by atoms with Crippen molar-refractivity contribution in [1.82, 2.24) is 19.8 Å². The molecule has 1 aromatic heterocycles. The molecular weight excluding hydrogens is 655 g/mol. The Morgan fingerprint density at radius 1 is 0.957 bits per heavy atom. The number of fused-ring (bicyclic) bond motifs is 1. The molecule has 2 fully saturated rings. The van der Waals surface area contributed by atoms with E-state index in [1.165, 1.54) is 13.2 Å². The third kappa shape index (κ3) is 6.95. The van der Waals surface area contributed by atoms with Crippen LogP contribution in [0.25, 0.3) is 0 Å². The molecule has 2 N–H and O–H groups in total. The number of nitrogens with one attached hydrogen (secondary N) is 2. The van der Waals surface area contributed by atoms with E-state index in [-0.39, 0.29) is 23.6 Å². The first-order chi connectivity index (χ1) is 22.0. The average molecular weight is 694 g/mol. The Labute approximate surface area is 279 Å². The van der Waals surface area contributed by atoms with Crippen LogP contribution in [0.2, 0.25) is 10.0 Å². The zero-order valence-corrected chi connectivity index (χ0v) is 28.5. The molecule has 0 radical (unpaired) electrons. The summed E-state index contributed by atoms with van der Waals surface area (Å²) >= 11 is 13.3. The van der Waals surface area contributed by atoms with E-state index in [0.717, 1.165) is 68.4 Å². The van der Waals surface area contributed by atoms with Gasteiger partial charge in [-0.15, -0.1) is 0 Å². The Morgan fingerprint density at radius 2 is 1.65 bits per heavy atom. The first kappa shape index (κ1) is 32.5. The molecule has 6 rings (SSSR count). The van der Waals surface area contributed by atoms with Crippen molar-refractivity contribution in [3.63, 3.8) is 0 Å². The van der Waals surface area contributed by atoms with E-state index in [1.54, 1.807) is 19.2 Å². The fourth-order valence-corrected chi connectivity index (χ4v) is 6.87. The van der Waals surface area contributed by atoms with Crippen molar-refractivity contribution in [3.05, 3.63) is 40.5 Å². The third-order valence-electron chi connectivity index (χ3n) is 8.70. The van der Waals surface area contributed by atoms with Crippen LogP contribution in [0.3, 0.4) is 0 Å². The van der Waals surface area contributed by atoms with Crippen LogP contribution >= 0.6 is 23.2 Å². The van der Waals surface area contributed by atoms with Crippen molar-refractivity contribution in [3.8, 4) is 17.2 Å². The Balaban J connectivity index is 1.20. The van der Waals surface area contributed by atoms with E-state index in [0.29, 0.717) is 45.4 Å². The molecule has 3 aromatic rings. The molecule has 0 atom stereocenters. The number of aromatic nitrogens is 2. The lowest BCUT2D eigenvalue weighted by Crippen LogP contribution is -2.52. The highest BCUT2D eigenvalue weighted by atomic mass is 35.5. The number of benzene rings is 2. The summed E-state index contributed by atoms with van der Waals surface area (Å²) in [6, 6.07) is 7.57. The number of nitrogens with zero attached hydrogens (tertiary/aromatic N) is 6. The number of piperazine rings is 1. The molecule has 46 heavy (non-hydrogen) atoms. The number of rotatable bonds is 9. The van der Waals surface area contributed by atoms with E-state index in [2.05, 4.69) is 42.3 Å². The maximum Gasteiger partial charge on any atom is 0.232 e. The second-order valence-corrected chi connectivity index (χ2v) is 14.5. The fourth-order valence-electron chi connectivity index (χ4n) is 5.94. The largest absolute Gasteiger partial charge is 0.494 e. The maximum atomic E-state index is 12.4. The van der Waals surface area contributed by atoms with E-state index in [1.807, 2.05) is 12.1 Å². The first-order valence-corrected chi connectivity index (χ1v) is 17.6. The minimum absolute atomic E-state index is 0.0290. The molecule has 2 saturated heterocycles. The molecule has 0 bridgehead atoms. The van der Waals surface area contributed by atoms with Gasteiger partial charge in [-0.1, -0.05) is 23.2 Å². The predicted octanol–water partition coefficient (Wildman–Crippen LogP) is 4.62. The van der Waals surface area contributed by atoms with E-state index >= 15 is 0 Å². The van der Waals surface area contributed by atoms with Crippen LogP contribution in [-0.4, -0.2) is 108 Å². The van der Waals surface area contributed by atoms with Crippen LogP contribution in [-0.2, 0) is 10.0 Å². The van der Waals surface area contributed by atoms with Crippen LogP contribution < -0.4 is 34.0 Å². The molecule has 248 valence electrons. The topological polar surface area (TPSA) is 125 Å². The Morgan fingerprint density at radius 3 is 2.33 bits per heavy atom. The normalized spacial score (nSPS) is 17.7. The summed E-state index contributed by atoms with van der Waals surface area (Å²) in [6.07, 6.45) is 4.73. The van der Waals surface area contributed by atoms with Crippen LogP contribution in [0.5, 0.6) is 17.2 Å². The van der Waals surface area contributed by atoms with Gasteiger partial charge in [0.15, 0.2) is 17.3 Å². The molecule has 4 heterocycles. The van der Waals surface area contributed by atoms with Gasteiger partial charge in [-0.05, 0) is 26.0 Å². The molecule has 0 aliphatic carbocycles. The SMILES string of the molecule is COc1cc(N2CCC(N3CCN(C)CC3)CC2)c(Cl)cc1Nc1ncc(Cl)c(Nc2cc3c(cc2N(C)S(C)(=O)=O)OCO3)n1. The number of ether oxygens (including phenoxy) is 3. The van der Waals surface area contributed by atoms with Gasteiger partial charge >= 0.3 is 0 Å². The quantitative estimate of drug-likeness (QED) is 0.325. The minimum atomic E-state index is -3.60. The highest BCUT2D eigenvalue weighted by Crippen LogP contribution is 2.43. The lowest BCUT2D eigenvalue weighted by atomic mass is 10.0. The molecule has 3 aliphatic rings. The van der Waals surface area contributed by atoms with Crippen molar-refractivity contribution in [2.24, 2.45) is 0 Å². The number of hydrogen-bond acceptors (Lipinski definition) is 12. The summed E-state index contributed by atoms with van der Waals surface area (Å²) < 4.78 is 42.7. The number of halogens is 2. The Hall–Kier alpha value is -3.43. The summed E-state index contributed by atoms with van der Waals surface area (Å²) in [5.41, 5.74) is 2.22. The van der Waals surface area contributed by atoms with Crippen LogP contribution in [0.15, 0.2) is 30.5 Å². The second kappa shape index (κ2) is 13.4. The Kier molecular flexibility index (Phi) is 9.44. The molecule has 0 spiro atoms. The molecule has 13 nitrogen and oxygen atoms in total. The monoisotopic (exact) mass is 692 g/mol. The van der Waals surface area contributed by atoms with E-state index in [9.17, 15) is 8.42 Å². The zero-order chi connectivity index (χ0) is 32.6. The summed E-state index contributed by atoms with van der Waals surface area (Å²) in [6.45, 7) is 6.34. The van der Waals surface area contributed by atoms with Gasteiger partial charge in [0, 0.05) is 70.6 Å². The third-order valence-corrected chi connectivity index (χ3v) is 10.5. The molecule has 0 amide bonds. The molecule has 0 unspecified atom stereocenters. The number of hydrogen-bond donors (Lipinski definition) is 2. The number of anilines is 6. The van der Waals surface area contributed by atoms with Gasteiger partial charge in [-0.3, -0.25) is 9.21 Å². The average Bonchev–Trinajstić information content (AvgIpc) is 3.50. The molecule has 2 aromatic carbocycles. The van der Waals surface area contributed by atoms with Crippen LogP contribution in [0.4, 0.5) is 34.5 Å². The molecule has 16 heteroatoms. The molecule has 0 saturated carbocycles. The molecule has 3 aliphatic heterocycles. The van der Waals surface area contributed by atoms with Gasteiger partial charge in [0.1, 0.15) is 10.8 Å². The summed E-state index contributed by atoms with van der Waals surface area (Å²) in [5.74, 6) is 1.94. The smallest absolute Gasteiger partial charge is 0.232 e. The zero-order valence-electron chi connectivity index (χ0n) is 26.2. The van der Waals surface area contributed by atoms with Gasteiger partial charge in [-0.25, -0.2) is 13.4 Å². The second-order valence-electron chi connectivity index (χ2n) is 11.7. The van der Waals surface area contributed by atoms with Gasteiger partial charge < -0.3 is 34.6 Å². The number of sulfonamides is 1. The maximum absolute atomic E-state index is 12.4. The van der Waals surface area contributed by atoms with E-state index < -0.39 is 10.0 Å². The summed E-state index contributed by atoms with van der Waals surface area (Å²) in [5, 5.41) is 7.14. The van der Waals surface area contributed by atoms with E-state index in [4.69, 9.17) is 37.4 Å². The Bertz CT molecular complexity index is 1700. The number of methoxy groups -OCH3 is 1.